The topological polar surface area (TPSA) is 15.3 Å². The summed E-state index contributed by atoms with van der Waals surface area (Å²) in [5.74, 6) is 0. The fraction of sp³-hybridized carbons (Fsp3) is 1.00. The van der Waals surface area contributed by atoms with Crippen molar-refractivity contribution in [3.8, 4) is 0 Å². The van der Waals surface area contributed by atoms with Crippen LogP contribution in [0.3, 0.4) is 0 Å². The SMILES string of the molecule is CC1(C)CN(C2CCNCC2(C)C)C1. The first-order chi connectivity index (χ1) is 6.41. The minimum atomic E-state index is 0.453. The second-order valence-electron chi connectivity index (χ2n) is 6.54. The van der Waals surface area contributed by atoms with Crippen LogP contribution in [0.15, 0.2) is 0 Å². The second kappa shape index (κ2) is 3.21. The third kappa shape index (κ3) is 1.82. The molecule has 2 saturated heterocycles. The number of hydrogen-bond acceptors (Lipinski definition) is 2. The van der Waals surface area contributed by atoms with Crippen molar-refractivity contribution >= 4 is 0 Å². The average Bonchev–Trinajstić information content (AvgIpc) is 1.99. The molecule has 2 heteroatoms. The Morgan fingerprint density at radius 1 is 1.14 bits per heavy atom. The molecule has 0 aromatic carbocycles. The zero-order valence-corrected chi connectivity index (χ0v) is 10.1. The molecule has 0 aromatic rings. The highest BCUT2D eigenvalue weighted by atomic mass is 15.2. The predicted molar refractivity (Wildman–Crippen MR) is 60.4 cm³/mol. The van der Waals surface area contributed by atoms with Crippen LogP contribution in [0.5, 0.6) is 0 Å². The van der Waals surface area contributed by atoms with Crippen LogP contribution in [0.2, 0.25) is 0 Å². The van der Waals surface area contributed by atoms with E-state index < -0.39 is 0 Å². The van der Waals surface area contributed by atoms with E-state index in [1.807, 2.05) is 0 Å². The third-order valence-electron chi connectivity index (χ3n) is 3.78. The molecular weight excluding hydrogens is 172 g/mol. The Balaban J connectivity index is 1.97. The van der Waals surface area contributed by atoms with E-state index >= 15 is 0 Å². The van der Waals surface area contributed by atoms with Crippen molar-refractivity contribution in [1.82, 2.24) is 10.2 Å². The molecule has 2 aliphatic rings. The van der Waals surface area contributed by atoms with Crippen molar-refractivity contribution in [1.29, 1.82) is 0 Å². The molecule has 14 heavy (non-hydrogen) atoms. The molecule has 2 fully saturated rings. The molecule has 82 valence electrons. The van der Waals surface area contributed by atoms with Crippen molar-refractivity contribution in [2.24, 2.45) is 10.8 Å². The number of piperidine rings is 1. The van der Waals surface area contributed by atoms with Gasteiger partial charge in [0.2, 0.25) is 0 Å². The molecule has 2 heterocycles. The van der Waals surface area contributed by atoms with Crippen LogP contribution in [0.4, 0.5) is 0 Å². The molecule has 0 radical (unpaired) electrons. The van der Waals surface area contributed by atoms with Crippen molar-refractivity contribution in [2.45, 2.75) is 40.2 Å². The van der Waals surface area contributed by atoms with E-state index in [1.54, 1.807) is 0 Å². The molecule has 1 unspecified atom stereocenters. The maximum atomic E-state index is 3.50. The van der Waals surface area contributed by atoms with Gasteiger partial charge < -0.3 is 5.32 Å². The molecule has 0 aromatic heterocycles. The van der Waals surface area contributed by atoms with Gasteiger partial charge in [0.25, 0.3) is 0 Å². The molecule has 1 atom stereocenters. The van der Waals surface area contributed by atoms with Crippen LogP contribution in [0.1, 0.15) is 34.1 Å². The van der Waals surface area contributed by atoms with Gasteiger partial charge in [-0.1, -0.05) is 27.7 Å². The van der Waals surface area contributed by atoms with E-state index in [2.05, 4.69) is 37.9 Å². The van der Waals surface area contributed by atoms with Crippen molar-refractivity contribution < 1.29 is 0 Å². The van der Waals surface area contributed by atoms with E-state index in [0.717, 1.165) is 6.04 Å². The van der Waals surface area contributed by atoms with Gasteiger partial charge in [-0.05, 0) is 23.8 Å². The zero-order chi connectivity index (χ0) is 10.4. The number of likely N-dealkylation sites (tertiary alicyclic amines) is 1. The van der Waals surface area contributed by atoms with Crippen LogP contribution in [-0.4, -0.2) is 37.1 Å². The molecule has 2 aliphatic heterocycles. The Morgan fingerprint density at radius 2 is 1.79 bits per heavy atom. The second-order valence-corrected chi connectivity index (χ2v) is 6.54. The van der Waals surface area contributed by atoms with Crippen molar-refractivity contribution in [3.63, 3.8) is 0 Å². The van der Waals surface area contributed by atoms with Crippen LogP contribution in [0.25, 0.3) is 0 Å². The lowest BCUT2D eigenvalue weighted by molar-refractivity contribution is -0.0575. The van der Waals surface area contributed by atoms with Gasteiger partial charge in [0.1, 0.15) is 0 Å². The molecule has 2 nitrogen and oxygen atoms in total. The maximum Gasteiger partial charge on any atom is 0.0171 e. The summed E-state index contributed by atoms with van der Waals surface area (Å²) in [7, 11) is 0. The van der Waals surface area contributed by atoms with E-state index in [4.69, 9.17) is 0 Å². The van der Waals surface area contributed by atoms with Gasteiger partial charge in [0, 0.05) is 25.7 Å². The van der Waals surface area contributed by atoms with Crippen LogP contribution >= 0.6 is 0 Å². The summed E-state index contributed by atoms with van der Waals surface area (Å²) in [6, 6.07) is 0.803. The Hall–Kier alpha value is -0.0800. The van der Waals surface area contributed by atoms with E-state index in [-0.39, 0.29) is 0 Å². The largest absolute Gasteiger partial charge is 0.316 e. The van der Waals surface area contributed by atoms with Crippen molar-refractivity contribution in [3.05, 3.63) is 0 Å². The summed E-state index contributed by atoms with van der Waals surface area (Å²) in [6.45, 7) is 14.5. The van der Waals surface area contributed by atoms with Gasteiger partial charge in [-0.25, -0.2) is 0 Å². The number of rotatable bonds is 1. The summed E-state index contributed by atoms with van der Waals surface area (Å²) < 4.78 is 0. The van der Waals surface area contributed by atoms with Crippen molar-refractivity contribution in [2.75, 3.05) is 26.2 Å². The van der Waals surface area contributed by atoms with Crippen LogP contribution in [0, 0.1) is 10.8 Å². The third-order valence-corrected chi connectivity index (χ3v) is 3.78. The van der Waals surface area contributed by atoms with Gasteiger partial charge in [-0.3, -0.25) is 4.90 Å². The highest BCUT2D eigenvalue weighted by Gasteiger charge is 2.44. The van der Waals surface area contributed by atoms with E-state index in [1.165, 1.54) is 32.6 Å². The van der Waals surface area contributed by atoms with E-state index in [0.29, 0.717) is 10.8 Å². The van der Waals surface area contributed by atoms with Crippen LogP contribution < -0.4 is 5.32 Å². The minimum Gasteiger partial charge on any atom is -0.316 e. The summed E-state index contributed by atoms with van der Waals surface area (Å²) >= 11 is 0. The smallest absolute Gasteiger partial charge is 0.0171 e. The highest BCUT2D eigenvalue weighted by Crippen LogP contribution is 2.38. The Kier molecular flexibility index (Phi) is 2.39. The highest BCUT2D eigenvalue weighted by molar-refractivity contribution is 4.99. The molecular formula is C12H24N2. The summed E-state index contributed by atoms with van der Waals surface area (Å²) in [6.07, 6.45) is 1.32. The lowest BCUT2D eigenvalue weighted by Crippen LogP contribution is -2.64. The quantitative estimate of drug-likeness (QED) is 0.687. The molecule has 0 spiro atoms. The first kappa shape index (κ1) is 10.4. The Bertz CT molecular complexity index is 212. The van der Waals surface area contributed by atoms with E-state index in [9.17, 15) is 0 Å². The normalized spacial score (nSPS) is 36.4. The summed E-state index contributed by atoms with van der Waals surface area (Å²) in [5, 5.41) is 3.50. The summed E-state index contributed by atoms with van der Waals surface area (Å²) in [4.78, 5) is 2.68. The lowest BCUT2D eigenvalue weighted by Gasteiger charge is -2.55. The average molecular weight is 196 g/mol. The number of hydrogen-bond donors (Lipinski definition) is 1. The predicted octanol–water partition coefficient (Wildman–Crippen LogP) is 1.72. The Morgan fingerprint density at radius 3 is 2.29 bits per heavy atom. The zero-order valence-electron chi connectivity index (χ0n) is 10.1. The number of nitrogens with zero attached hydrogens (tertiary/aromatic N) is 1. The standard InChI is InChI=1S/C12H24N2/c1-11(2)8-14(9-11)10-5-6-13-7-12(10,3)4/h10,13H,5-9H2,1-4H3. The Labute approximate surface area is 88.1 Å². The monoisotopic (exact) mass is 196 g/mol. The molecule has 1 N–H and O–H groups in total. The van der Waals surface area contributed by atoms with Gasteiger partial charge in [-0.2, -0.15) is 0 Å². The fourth-order valence-corrected chi connectivity index (χ4v) is 3.11. The summed E-state index contributed by atoms with van der Waals surface area (Å²) in [5.41, 5.74) is 1.02. The van der Waals surface area contributed by atoms with Gasteiger partial charge in [0.05, 0.1) is 0 Å². The molecule has 0 bridgehead atoms. The van der Waals surface area contributed by atoms with Gasteiger partial charge in [0.15, 0.2) is 0 Å². The number of nitrogens with one attached hydrogen (secondary N) is 1. The van der Waals surface area contributed by atoms with Crippen LogP contribution in [-0.2, 0) is 0 Å². The maximum absolute atomic E-state index is 3.50. The lowest BCUT2D eigenvalue weighted by atomic mass is 9.74. The molecule has 2 rings (SSSR count). The minimum absolute atomic E-state index is 0.453. The fourth-order valence-electron chi connectivity index (χ4n) is 3.11. The van der Waals surface area contributed by atoms with Gasteiger partial charge in [-0.15, -0.1) is 0 Å². The first-order valence-corrected chi connectivity index (χ1v) is 5.86. The molecule has 0 amide bonds. The first-order valence-electron chi connectivity index (χ1n) is 5.86. The molecule has 0 saturated carbocycles. The molecule has 0 aliphatic carbocycles. The van der Waals surface area contributed by atoms with Gasteiger partial charge >= 0.3 is 0 Å².